The van der Waals surface area contributed by atoms with Crippen LogP contribution in [0.25, 0.3) is 0 Å². The number of carbonyl (C=O) groups excluding carboxylic acids is 1. The van der Waals surface area contributed by atoms with Crippen LogP contribution in [0.2, 0.25) is 0 Å². The van der Waals surface area contributed by atoms with Crippen LogP contribution < -0.4 is 5.32 Å². The van der Waals surface area contributed by atoms with Crippen molar-refractivity contribution in [2.24, 2.45) is 0 Å². The number of hydrogen-bond donors (Lipinski definition) is 1. The fraction of sp³-hybridized carbons (Fsp3) is 0.786. The van der Waals surface area contributed by atoms with Gasteiger partial charge in [0.2, 0.25) is 5.76 Å². The second kappa shape index (κ2) is 7.38. The van der Waals surface area contributed by atoms with Crippen molar-refractivity contribution in [3.8, 4) is 0 Å². The van der Waals surface area contributed by atoms with Crippen molar-refractivity contribution in [3.05, 3.63) is 11.5 Å². The first kappa shape index (κ1) is 14.2. The minimum Gasteiger partial charge on any atom is -0.491 e. The van der Waals surface area contributed by atoms with Gasteiger partial charge in [0.05, 0.1) is 6.10 Å². The molecule has 0 aromatic rings. The van der Waals surface area contributed by atoms with Crippen LogP contribution in [0.5, 0.6) is 0 Å². The maximum absolute atomic E-state index is 11.8. The Labute approximate surface area is 114 Å². The fourth-order valence-corrected chi connectivity index (χ4v) is 2.39. The molecule has 108 valence electrons. The summed E-state index contributed by atoms with van der Waals surface area (Å²) in [7, 11) is 0. The first-order chi connectivity index (χ1) is 9.27. The molecule has 0 unspecified atom stereocenters. The van der Waals surface area contributed by atoms with E-state index in [2.05, 4.69) is 5.32 Å². The summed E-state index contributed by atoms with van der Waals surface area (Å²) >= 11 is 0. The highest BCUT2D eigenvalue weighted by Crippen LogP contribution is 2.20. The van der Waals surface area contributed by atoms with Crippen molar-refractivity contribution < 1.29 is 19.0 Å². The summed E-state index contributed by atoms with van der Waals surface area (Å²) in [5.74, 6) is 0.673. The van der Waals surface area contributed by atoms with Gasteiger partial charge in [-0.25, -0.2) is 0 Å². The van der Waals surface area contributed by atoms with Crippen molar-refractivity contribution in [2.75, 3.05) is 26.4 Å². The highest BCUT2D eigenvalue weighted by atomic mass is 16.6. The van der Waals surface area contributed by atoms with Crippen LogP contribution in [-0.4, -0.2) is 38.4 Å². The third-order valence-corrected chi connectivity index (χ3v) is 3.44. The molecule has 0 spiro atoms. The quantitative estimate of drug-likeness (QED) is 0.746. The average molecular weight is 269 g/mol. The van der Waals surface area contributed by atoms with Gasteiger partial charge in [0.15, 0.2) is 0 Å². The summed E-state index contributed by atoms with van der Waals surface area (Å²) in [6.07, 6.45) is 6.21. The zero-order valence-corrected chi connectivity index (χ0v) is 11.6. The van der Waals surface area contributed by atoms with E-state index in [4.69, 9.17) is 14.2 Å². The van der Waals surface area contributed by atoms with Crippen LogP contribution in [0.4, 0.5) is 0 Å². The van der Waals surface area contributed by atoms with Gasteiger partial charge < -0.3 is 19.5 Å². The van der Waals surface area contributed by atoms with Crippen molar-refractivity contribution in [1.29, 1.82) is 0 Å². The fourth-order valence-electron chi connectivity index (χ4n) is 2.39. The summed E-state index contributed by atoms with van der Waals surface area (Å²) in [5, 5.41) is 2.83. The summed E-state index contributed by atoms with van der Waals surface area (Å²) in [5.41, 5.74) is 0. The molecule has 0 bridgehead atoms. The molecule has 1 aliphatic carbocycles. The lowest BCUT2D eigenvalue weighted by molar-refractivity contribution is -0.122. The molecule has 0 aromatic heterocycles. The minimum absolute atomic E-state index is 0.196. The zero-order valence-electron chi connectivity index (χ0n) is 11.6. The van der Waals surface area contributed by atoms with Gasteiger partial charge in [-0.1, -0.05) is 12.8 Å². The molecular formula is C14H23NO4. The molecule has 5 nitrogen and oxygen atoms in total. The van der Waals surface area contributed by atoms with E-state index in [-0.39, 0.29) is 5.91 Å². The van der Waals surface area contributed by atoms with Gasteiger partial charge in [-0.15, -0.1) is 0 Å². The van der Waals surface area contributed by atoms with Gasteiger partial charge >= 0.3 is 0 Å². The van der Waals surface area contributed by atoms with Crippen molar-refractivity contribution >= 4 is 5.91 Å². The number of allylic oxidation sites excluding steroid dienone is 1. The monoisotopic (exact) mass is 269 g/mol. The minimum atomic E-state index is -0.196. The molecule has 0 atom stereocenters. The van der Waals surface area contributed by atoms with Gasteiger partial charge in [0.25, 0.3) is 5.91 Å². The van der Waals surface area contributed by atoms with Gasteiger partial charge in [-0.2, -0.15) is 0 Å². The summed E-state index contributed by atoms with van der Waals surface area (Å²) in [6.45, 7) is 4.01. The normalized spacial score (nSPS) is 20.1. The predicted octanol–water partition coefficient (Wildman–Crippen LogP) is 1.73. The van der Waals surface area contributed by atoms with Gasteiger partial charge in [-0.05, 0) is 26.2 Å². The molecule has 19 heavy (non-hydrogen) atoms. The van der Waals surface area contributed by atoms with Crippen LogP contribution in [0.3, 0.4) is 0 Å². The van der Waals surface area contributed by atoms with Gasteiger partial charge in [0.1, 0.15) is 19.0 Å². The standard InChI is InChI=1S/C14H23NO4/c1-11-13(19-10-9-17-11)14(16)15-7-4-8-18-12-5-2-3-6-12/h12H,2-10H2,1H3,(H,15,16). The molecule has 1 amide bonds. The molecule has 0 saturated heterocycles. The van der Waals surface area contributed by atoms with E-state index in [9.17, 15) is 4.79 Å². The van der Waals surface area contributed by atoms with E-state index < -0.39 is 0 Å². The van der Waals surface area contributed by atoms with Crippen LogP contribution in [0.1, 0.15) is 39.0 Å². The molecule has 2 aliphatic rings. The second-order valence-corrected chi connectivity index (χ2v) is 4.97. The number of hydrogen-bond acceptors (Lipinski definition) is 4. The Morgan fingerprint density at radius 3 is 2.79 bits per heavy atom. The second-order valence-electron chi connectivity index (χ2n) is 4.97. The molecule has 1 N–H and O–H groups in total. The van der Waals surface area contributed by atoms with Crippen molar-refractivity contribution in [3.63, 3.8) is 0 Å². The molecule has 1 saturated carbocycles. The summed E-state index contributed by atoms with van der Waals surface area (Å²) in [4.78, 5) is 11.8. The number of rotatable bonds is 6. The van der Waals surface area contributed by atoms with E-state index in [1.807, 2.05) is 0 Å². The van der Waals surface area contributed by atoms with E-state index in [0.29, 0.717) is 44.0 Å². The Balaban J connectivity index is 1.58. The highest BCUT2D eigenvalue weighted by molar-refractivity contribution is 5.91. The third-order valence-electron chi connectivity index (χ3n) is 3.44. The zero-order chi connectivity index (χ0) is 13.5. The molecule has 0 aromatic carbocycles. The van der Waals surface area contributed by atoms with Crippen molar-refractivity contribution in [1.82, 2.24) is 5.32 Å². The van der Waals surface area contributed by atoms with Gasteiger partial charge in [0, 0.05) is 13.2 Å². The Hall–Kier alpha value is -1.23. The Morgan fingerprint density at radius 2 is 2.05 bits per heavy atom. The van der Waals surface area contributed by atoms with Crippen LogP contribution in [0.15, 0.2) is 11.5 Å². The Kier molecular flexibility index (Phi) is 5.51. The lowest BCUT2D eigenvalue weighted by atomic mass is 10.3. The molecule has 1 aliphatic heterocycles. The summed E-state index contributed by atoms with van der Waals surface area (Å²) < 4.78 is 16.3. The number of ether oxygens (including phenoxy) is 3. The largest absolute Gasteiger partial charge is 0.491 e. The first-order valence-electron chi connectivity index (χ1n) is 7.13. The molecule has 2 rings (SSSR count). The molecular weight excluding hydrogens is 246 g/mol. The SMILES string of the molecule is CC1=C(C(=O)NCCCOC2CCCC2)OCCO1. The number of carbonyl (C=O) groups is 1. The van der Waals surface area contributed by atoms with Crippen molar-refractivity contribution in [2.45, 2.75) is 45.1 Å². The van der Waals surface area contributed by atoms with E-state index in [1.165, 1.54) is 25.7 Å². The third kappa shape index (κ3) is 4.42. The smallest absolute Gasteiger partial charge is 0.289 e. The number of nitrogens with one attached hydrogen (secondary N) is 1. The number of amides is 1. The van der Waals surface area contributed by atoms with Crippen LogP contribution in [-0.2, 0) is 19.0 Å². The average Bonchev–Trinajstić information content (AvgIpc) is 2.92. The molecule has 1 heterocycles. The lowest BCUT2D eigenvalue weighted by Crippen LogP contribution is -2.31. The maximum atomic E-state index is 11.8. The van der Waals surface area contributed by atoms with E-state index >= 15 is 0 Å². The molecule has 5 heteroatoms. The predicted molar refractivity (Wildman–Crippen MR) is 70.4 cm³/mol. The summed E-state index contributed by atoms with van der Waals surface area (Å²) in [6, 6.07) is 0. The Bertz CT molecular complexity index is 334. The highest BCUT2D eigenvalue weighted by Gasteiger charge is 2.19. The van der Waals surface area contributed by atoms with Crippen LogP contribution >= 0.6 is 0 Å². The van der Waals surface area contributed by atoms with E-state index in [1.54, 1.807) is 6.92 Å². The maximum Gasteiger partial charge on any atom is 0.289 e. The Morgan fingerprint density at radius 1 is 1.32 bits per heavy atom. The molecule has 0 radical (unpaired) electrons. The van der Waals surface area contributed by atoms with Gasteiger partial charge in [-0.3, -0.25) is 4.79 Å². The van der Waals surface area contributed by atoms with Crippen LogP contribution in [0, 0.1) is 0 Å². The first-order valence-corrected chi connectivity index (χ1v) is 7.13. The molecule has 1 fully saturated rings. The lowest BCUT2D eigenvalue weighted by Gasteiger charge is -2.19. The topological polar surface area (TPSA) is 56.8 Å². The van der Waals surface area contributed by atoms with E-state index in [0.717, 1.165) is 6.42 Å².